The van der Waals surface area contributed by atoms with Crippen LogP contribution >= 0.6 is 11.3 Å². The average molecular weight is 344 g/mol. The largest absolute Gasteiger partial charge is 0.448 e. The number of nitrogens with zero attached hydrogens (tertiary/aromatic N) is 2. The van der Waals surface area contributed by atoms with Gasteiger partial charge in [0.05, 0.1) is 5.69 Å². The van der Waals surface area contributed by atoms with E-state index >= 15 is 0 Å². The van der Waals surface area contributed by atoms with Crippen LogP contribution in [-0.4, -0.2) is 41.0 Å². The molecule has 0 saturated carbocycles. The fraction of sp³-hybridized carbons (Fsp3) is 0.389. The maximum absolute atomic E-state index is 12.4. The summed E-state index contributed by atoms with van der Waals surface area (Å²) >= 11 is 1.30. The molecule has 5 nitrogen and oxygen atoms in total. The van der Waals surface area contributed by atoms with Gasteiger partial charge in [0.1, 0.15) is 9.88 Å². The second-order valence-electron chi connectivity index (χ2n) is 5.88. The van der Waals surface area contributed by atoms with E-state index in [1.165, 1.54) is 11.3 Å². The smallest absolute Gasteiger partial charge is 0.351 e. The van der Waals surface area contributed by atoms with Crippen LogP contribution in [0.1, 0.15) is 35.1 Å². The summed E-state index contributed by atoms with van der Waals surface area (Å²) in [7, 11) is 0. The lowest BCUT2D eigenvalue weighted by molar-refractivity contribution is -0.138. The molecule has 2 aromatic rings. The van der Waals surface area contributed by atoms with Crippen LogP contribution in [0.5, 0.6) is 0 Å². The number of benzene rings is 1. The predicted octanol–water partition coefficient (Wildman–Crippen LogP) is 3.29. The first-order valence-corrected chi connectivity index (χ1v) is 8.90. The summed E-state index contributed by atoms with van der Waals surface area (Å²) in [6, 6.07) is 9.70. The SMILES string of the molecule is Cc1nc(-c2ccccc2)sc1C(=O)OC(C)C(=O)N1CCCC1. The van der Waals surface area contributed by atoms with Crippen molar-refractivity contribution in [2.24, 2.45) is 0 Å². The fourth-order valence-corrected chi connectivity index (χ4v) is 3.70. The highest BCUT2D eigenvalue weighted by Crippen LogP contribution is 2.28. The molecule has 0 aliphatic carbocycles. The van der Waals surface area contributed by atoms with Gasteiger partial charge in [-0.3, -0.25) is 4.79 Å². The van der Waals surface area contributed by atoms with E-state index in [-0.39, 0.29) is 5.91 Å². The number of likely N-dealkylation sites (tertiary alicyclic amines) is 1. The number of hydrogen-bond donors (Lipinski definition) is 0. The van der Waals surface area contributed by atoms with E-state index in [0.717, 1.165) is 36.5 Å². The van der Waals surface area contributed by atoms with Gasteiger partial charge in [-0.05, 0) is 26.7 Å². The van der Waals surface area contributed by atoms with Crippen LogP contribution in [-0.2, 0) is 9.53 Å². The van der Waals surface area contributed by atoms with E-state index in [1.54, 1.807) is 18.7 Å². The highest BCUT2D eigenvalue weighted by Gasteiger charge is 2.27. The van der Waals surface area contributed by atoms with Gasteiger partial charge in [-0.25, -0.2) is 9.78 Å². The second kappa shape index (κ2) is 7.13. The number of carbonyl (C=O) groups is 2. The lowest BCUT2D eigenvalue weighted by Gasteiger charge is -2.20. The minimum absolute atomic E-state index is 0.119. The number of aromatic nitrogens is 1. The Morgan fingerprint density at radius 3 is 2.54 bits per heavy atom. The molecule has 1 atom stereocenters. The molecule has 0 radical (unpaired) electrons. The third kappa shape index (κ3) is 3.48. The van der Waals surface area contributed by atoms with Crippen molar-refractivity contribution in [3.63, 3.8) is 0 Å². The van der Waals surface area contributed by atoms with Crippen LogP contribution in [0.3, 0.4) is 0 Å². The maximum Gasteiger partial charge on any atom is 0.351 e. The Bertz CT molecular complexity index is 736. The van der Waals surface area contributed by atoms with E-state index in [2.05, 4.69) is 4.98 Å². The summed E-state index contributed by atoms with van der Waals surface area (Å²) in [5, 5.41) is 0.776. The average Bonchev–Trinajstić information content (AvgIpc) is 3.24. The first-order chi connectivity index (χ1) is 11.6. The molecule has 0 bridgehead atoms. The predicted molar refractivity (Wildman–Crippen MR) is 93.0 cm³/mol. The molecule has 1 amide bonds. The van der Waals surface area contributed by atoms with Gasteiger partial charge in [0.25, 0.3) is 5.91 Å². The van der Waals surface area contributed by atoms with Crippen molar-refractivity contribution in [2.45, 2.75) is 32.8 Å². The zero-order chi connectivity index (χ0) is 17.1. The minimum atomic E-state index is -0.766. The van der Waals surface area contributed by atoms with Crippen molar-refractivity contribution in [1.82, 2.24) is 9.88 Å². The Balaban J connectivity index is 1.71. The Kier molecular flexibility index (Phi) is 4.94. The van der Waals surface area contributed by atoms with Crippen LogP contribution in [0.25, 0.3) is 10.6 Å². The molecule has 0 spiro atoms. The van der Waals surface area contributed by atoms with Gasteiger partial charge in [-0.2, -0.15) is 0 Å². The molecule has 1 aromatic heterocycles. The fourth-order valence-electron chi connectivity index (χ4n) is 2.75. The first-order valence-electron chi connectivity index (χ1n) is 8.09. The van der Waals surface area contributed by atoms with Gasteiger partial charge in [0.2, 0.25) is 0 Å². The lowest BCUT2D eigenvalue weighted by atomic mass is 10.2. The Hall–Kier alpha value is -2.21. The molecule has 1 aromatic carbocycles. The minimum Gasteiger partial charge on any atom is -0.448 e. The van der Waals surface area contributed by atoms with Gasteiger partial charge in [0, 0.05) is 18.7 Å². The summed E-state index contributed by atoms with van der Waals surface area (Å²) in [4.78, 5) is 31.3. The van der Waals surface area contributed by atoms with Crippen LogP contribution in [0.4, 0.5) is 0 Å². The van der Waals surface area contributed by atoms with E-state index < -0.39 is 12.1 Å². The van der Waals surface area contributed by atoms with Crippen molar-refractivity contribution in [1.29, 1.82) is 0 Å². The Morgan fingerprint density at radius 2 is 1.88 bits per heavy atom. The van der Waals surface area contributed by atoms with E-state index in [0.29, 0.717) is 10.6 Å². The van der Waals surface area contributed by atoms with Crippen LogP contribution in [0.2, 0.25) is 0 Å². The maximum atomic E-state index is 12.4. The van der Waals surface area contributed by atoms with E-state index in [4.69, 9.17) is 4.74 Å². The summed E-state index contributed by atoms with van der Waals surface area (Å²) < 4.78 is 5.38. The summed E-state index contributed by atoms with van der Waals surface area (Å²) in [5.74, 6) is -0.599. The molecule has 0 N–H and O–H groups in total. The highest BCUT2D eigenvalue weighted by atomic mass is 32.1. The molecule has 1 saturated heterocycles. The standard InChI is InChI=1S/C18H20N2O3S/c1-12-15(24-16(19-12)14-8-4-3-5-9-14)18(22)23-13(2)17(21)20-10-6-7-11-20/h3-5,8-9,13H,6-7,10-11H2,1-2H3. The molecule has 24 heavy (non-hydrogen) atoms. The molecule has 2 heterocycles. The van der Waals surface area contributed by atoms with Crippen LogP contribution < -0.4 is 0 Å². The molecule has 6 heteroatoms. The quantitative estimate of drug-likeness (QED) is 0.799. The topological polar surface area (TPSA) is 59.5 Å². The van der Waals surface area contributed by atoms with Gasteiger partial charge in [-0.1, -0.05) is 30.3 Å². The lowest BCUT2D eigenvalue weighted by Crippen LogP contribution is -2.38. The van der Waals surface area contributed by atoms with Gasteiger partial charge < -0.3 is 9.64 Å². The molecule has 1 unspecified atom stereocenters. The molecule has 1 aliphatic heterocycles. The van der Waals surface area contributed by atoms with Gasteiger partial charge in [-0.15, -0.1) is 11.3 Å². The molecule has 1 aliphatic rings. The van der Waals surface area contributed by atoms with Crippen LogP contribution in [0.15, 0.2) is 30.3 Å². The first kappa shape index (κ1) is 16.6. The van der Waals surface area contributed by atoms with Gasteiger partial charge >= 0.3 is 5.97 Å². The Morgan fingerprint density at radius 1 is 1.21 bits per heavy atom. The van der Waals surface area contributed by atoms with Crippen molar-refractivity contribution in [2.75, 3.05) is 13.1 Å². The number of thiazole rings is 1. The zero-order valence-electron chi connectivity index (χ0n) is 13.8. The number of hydrogen-bond acceptors (Lipinski definition) is 5. The van der Waals surface area contributed by atoms with E-state index in [9.17, 15) is 9.59 Å². The molecule has 1 fully saturated rings. The summed E-state index contributed by atoms with van der Waals surface area (Å²) in [6.07, 6.45) is 1.26. The van der Waals surface area contributed by atoms with Crippen molar-refractivity contribution in [3.05, 3.63) is 40.9 Å². The highest BCUT2D eigenvalue weighted by molar-refractivity contribution is 7.17. The van der Waals surface area contributed by atoms with Crippen LogP contribution in [0, 0.1) is 6.92 Å². The number of rotatable bonds is 4. The molecular weight excluding hydrogens is 324 g/mol. The molecule has 3 rings (SSSR count). The summed E-state index contributed by atoms with van der Waals surface area (Å²) in [6.45, 7) is 4.91. The molecular formula is C18H20N2O3S. The number of esters is 1. The number of carbonyl (C=O) groups excluding carboxylic acids is 2. The normalized spacial score (nSPS) is 15.3. The van der Waals surface area contributed by atoms with Crippen molar-refractivity contribution in [3.8, 4) is 10.6 Å². The number of aryl methyl sites for hydroxylation is 1. The number of ether oxygens (including phenoxy) is 1. The van der Waals surface area contributed by atoms with Crippen molar-refractivity contribution < 1.29 is 14.3 Å². The van der Waals surface area contributed by atoms with Gasteiger partial charge in [0.15, 0.2) is 6.10 Å². The third-order valence-corrected chi connectivity index (χ3v) is 5.24. The number of amides is 1. The molecule has 126 valence electrons. The zero-order valence-corrected chi connectivity index (χ0v) is 14.6. The van der Waals surface area contributed by atoms with E-state index in [1.807, 2.05) is 30.3 Å². The Labute approximate surface area is 145 Å². The third-order valence-electron chi connectivity index (χ3n) is 4.05. The van der Waals surface area contributed by atoms with Crippen molar-refractivity contribution >= 4 is 23.2 Å². The monoisotopic (exact) mass is 344 g/mol. The second-order valence-corrected chi connectivity index (χ2v) is 6.88. The summed E-state index contributed by atoms with van der Waals surface area (Å²) in [5.41, 5.74) is 1.59.